The van der Waals surface area contributed by atoms with Gasteiger partial charge in [-0.3, -0.25) is 9.59 Å². The molecule has 0 bridgehead atoms. The van der Waals surface area contributed by atoms with Gasteiger partial charge in [-0.2, -0.15) is 5.26 Å². The van der Waals surface area contributed by atoms with Crippen molar-refractivity contribution < 1.29 is 9.59 Å². The zero-order chi connectivity index (χ0) is 22.1. The Bertz CT molecular complexity index is 1070. The summed E-state index contributed by atoms with van der Waals surface area (Å²) in [5, 5.41) is 11.9. The SMILES string of the molecule is N#Cc1ccc(C(=O)N(CCCN)Cc2cccc(NC(=O)c3ccccc3)c2)cc1. The van der Waals surface area contributed by atoms with Crippen molar-refractivity contribution in [3.8, 4) is 6.07 Å². The van der Waals surface area contributed by atoms with E-state index in [9.17, 15) is 9.59 Å². The van der Waals surface area contributed by atoms with Crippen LogP contribution in [0.1, 0.15) is 38.3 Å². The van der Waals surface area contributed by atoms with Gasteiger partial charge < -0.3 is 16.0 Å². The second-order valence-corrected chi connectivity index (χ2v) is 7.08. The third-order valence-electron chi connectivity index (χ3n) is 4.77. The molecular weight excluding hydrogens is 388 g/mol. The van der Waals surface area contributed by atoms with Gasteiger partial charge in [-0.1, -0.05) is 30.3 Å². The van der Waals surface area contributed by atoms with Crippen LogP contribution < -0.4 is 11.1 Å². The predicted molar refractivity (Wildman–Crippen MR) is 120 cm³/mol. The highest BCUT2D eigenvalue weighted by Crippen LogP contribution is 2.16. The topological polar surface area (TPSA) is 99.2 Å². The lowest BCUT2D eigenvalue weighted by molar-refractivity contribution is 0.0742. The minimum Gasteiger partial charge on any atom is -0.334 e. The van der Waals surface area contributed by atoms with E-state index in [1.54, 1.807) is 41.3 Å². The summed E-state index contributed by atoms with van der Waals surface area (Å²) in [5.41, 5.74) is 8.82. The zero-order valence-electron chi connectivity index (χ0n) is 17.1. The highest BCUT2D eigenvalue weighted by atomic mass is 16.2. The first-order chi connectivity index (χ1) is 15.1. The molecule has 0 radical (unpaired) electrons. The van der Waals surface area contributed by atoms with Crippen LogP contribution in [0, 0.1) is 11.3 Å². The van der Waals surface area contributed by atoms with Gasteiger partial charge in [0.05, 0.1) is 11.6 Å². The van der Waals surface area contributed by atoms with Crippen molar-refractivity contribution in [2.24, 2.45) is 5.73 Å². The summed E-state index contributed by atoms with van der Waals surface area (Å²) in [6.45, 7) is 1.37. The van der Waals surface area contributed by atoms with Crippen LogP contribution in [0.25, 0.3) is 0 Å². The third kappa shape index (κ3) is 6.01. The second kappa shape index (κ2) is 10.7. The number of nitrogens with zero attached hydrogens (tertiary/aromatic N) is 2. The first-order valence-corrected chi connectivity index (χ1v) is 10.1. The van der Waals surface area contributed by atoms with E-state index in [2.05, 4.69) is 11.4 Å². The molecule has 6 nitrogen and oxygen atoms in total. The molecule has 3 aromatic carbocycles. The molecule has 0 saturated heterocycles. The molecule has 31 heavy (non-hydrogen) atoms. The standard InChI is InChI=1S/C25H24N4O2/c26-14-5-15-29(25(31)22-12-10-19(17-27)11-13-22)18-20-6-4-9-23(16-20)28-24(30)21-7-2-1-3-8-21/h1-4,6-13,16H,5,14-15,18,26H2,(H,28,30). The summed E-state index contributed by atoms with van der Waals surface area (Å²) in [7, 11) is 0. The van der Waals surface area contributed by atoms with Gasteiger partial charge in [0.25, 0.3) is 11.8 Å². The van der Waals surface area contributed by atoms with Crippen LogP contribution in [0.3, 0.4) is 0 Å². The van der Waals surface area contributed by atoms with Crippen molar-refractivity contribution >= 4 is 17.5 Å². The fourth-order valence-electron chi connectivity index (χ4n) is 3.17. The molecule has 0 unspecified atom stereocenters. The lowest BCUT2D eigenvalue weighted by Crippen LogP contribution is -2.32. The van der Waals surface area contributed by atoms with Crippen LogP contribution >= 0.6 is 0 Å². The van der Waals surface area contributed by atoms with Gasteiger partial charge in [0.1, 0.15) is 0 Å². The van der Waals surface area contributed by atoms with Gasteiger partial charge in [-0.25, -0.2) is 0 Å². The fraction of sp³-hybridized carbons (Fsp3) is 0.160. The molecule has 3 rings (SSSR count). The first kappa shape index (κ1) is 21.8. The molecule has 0 aliphatic heterocycles. The molecule has 0 spiro atoms. The Morgan fingerprint density at radius 3 is 2.35 bits per heavy atom. The number of anilines is 1. The van der Waals surface area contributed by atoms with E-state index in [0.29, 0.717) is 48.4 Å². The monoisotopic (exact) mass is 412 g/mol. The highest BCUT2D eigenvalue weighted by molar-refractivity contribution is 6.04. The fourth-order valence-corrected chi connectivity index (χ4v) is 3.17. The van der Waals surface area contributed by atoms with Crippen molar-refractivity contribution in [3.05, 3.63) is 101 Å². The van der Waals surface area contributed by atoms with Gasteiger partial charge in [0.2, 0.25) is 0 Å². The van der Waals surface area contributed by atoms with E-state index in [4.69, 9.17) is 11.0 Å². The lowest BCUT2D eigenvalue weighted by Gasteiger charge is -2.23. The summed E-state index contributed by atoms with van der Waals surface area (Å²) >= 11 is 0. The Morgan fingerprint density at radius 2 is 1.68 bits per heavy atom. The number of nitrogens with two attached hydrogens (primary N) is 1. The number of benzene rings is 3. The molecule has 0 aromatic heterocycles. The molecule has 0 atom stereocenters. The van der Waals surface area contributed by atoms with Gasteiger partial charge in [0.15, 0.2) is 0 Å². The number of amides is 2. The Labute approximate surface area is 181 Å². The second-order valence-electron chi connectivity index (χ2n) is 7.08. The summed E-state index contributed by atoms with van der Waals surface area (Å²) in [4.78, 5) is 27.2. The average molecular weight is 412 g/mol. The minimum absolute atomic E-state index is 0.128. The molecule has 2 amide bonds. The Morgan fingerprint density at radius 1 is 0.935 bits per heavy atom. The molecule has 3 aromatic rings. The van der Waals surface area contributed by atoms with Crippen molar-refractivity contribution in [2.45, 2.75) is 13.0 Å². The lowest BCUT2D eigenvalue weighted by atomic mass is 10.1. The van der Waals surface area contributed by atoms with E-state index in [0.717, 1.165) is 5.56 Å². The number of hydrogen-bond acceptors (Lipinski definition) is 4. The van der Waals surface area contributed by atoms with Crippen LogP contribution in [0.2, 0.25) is 0 Å². The number of carbonyl (C=O) groups excluding carboxylic acids is 2. The van der Waals surface area contributed by atoms with E-state index in [1.165, 1.54) is 0 Å². The van der Waals surface area contributed by atoms with E-state index in [1.807, 2.05) is 42.5 Å². The van der Waals surface area contributed by atoms with Gasteiger partial charge in [0, 0.05) is 29.9 Å². The molecule has 0 aliphatic carbocycles. The van der Waals surface area contributed by atoms with Crippen LogP contribution in [-0.2, 0) is 6.54 Å². The molecule has 0 aliphatic rings. The van der Waals surface area contributed by atoms with Crippen LogP contribution in [0.15, 0.2) is 78.9 Å². The molecule has 6 heteroatoms. The molecular formula is C25H24N4O2. The van der Waals surface area contributed by atoms with E-state index < -0.39 is 0 Å². The third-order valence-corrected chi connectivity index (χ3v) is 4.77. The normalized spacial score (nSPS) is 10.2. The van der Waals surface area contributed by atoms with Gasteiger partial charge in [-0.05, 0) is 67.1 Å². The van der Waals surface area contributed by atoms with Crippen molar-refractivity contribution in [3.63, 3.8) is 0 Å². The van der Waals surface area contributed by atoms with Crippen LogP contribution in [0.5, 0.6) is 0 Å². The zero-order valence-corrected chi connectivity index (χ0v) is 17.1. The van der Waals surface area contributed by atoms with E-state index >= 15 is 0 Å². The number of nitriles is 1. The largest absolute Gasteiger partial charge is 0.334 e. The van der Waals surface area contributed by atoms with Gasteiger partial charge in [-0.15, -0.1) is 0 Å². The maximum Gasteiger partial charge on any atom is 0.255 e. The molecule has 3 N–H and O–H groups in total. The molecule has 156 valence electrons. The van der Waals surface area contributed by atoms with Crippen molar-refractivity contribution in [2.75, 3.05) is 18.4 Å². The summed E-state index contributed by atoms with van der Waals surface area (Å²) < 4.78 is 0. The van der Waals surface area contributed by atoms with Crippen LogP contribution in [-0.4, -0.2) is 29.8 Å². The van der Waals surface area contributed by atoms with Crippen molar-refractivity contribution in [1.82, 2.24) is 4.90 Å². The number of rotatable bonds is 8. The van der Waals surface area contributed by atoms with Crippen LogP contribution in [0.4, 0.5) is 5.69 Å². The number of nitrogens with one attached hydrogen (secondary N) is 1. The van der Waals surface area contributed by atoms with Crippen molar-refractivity contribution in [1.29, 1.82) is 5.26 Å². The Hall–Kier alpha value is -3.95. The maximum atomic E-state index is 13.0. The maximum absolute atomic E-state index is 13.0. The molecule has 0 fully saturated rings. The average Bonchev–Trinajstić information content (AvgIpc) is 2.82. The Kier molecular flexibility index (Phi) is 7.52. The Balaban J connectivity index is 1.75. The minimum atomic E-state index is -0.189. The number of carbonyl (C=O) groups is 2. The number of hydrogen-bond donors (Lipinski definition) is 2. The predicted octanol–water partition coefficient (Wildman–Crippen LogP) is 3.80. The first-order valence-electron chi connectivity index (χ1n) is 10.1. The highest BCUT2D eigenvalue weighted by Gasteiger charge is 2.16. The summed E-state index contributed by atoms with van der Waals surface area (Å²) in [6.07, 6.45) is 0.673. The summed E-state index contributed by atoms with van der Waals surface area (Å²) in [6, 6.07) is 25.1. The molecule has 0 saturated carbocycles. The summed E-state index contributed by atoms with van der Waals surface area (Å²) in [5.74, 6) is -0.317. The smallest absolute Gasteiger partial charge is 0.255 e. The molecule has 0 heterocycles. The van der Waals surface area contributed by atoms with Gasteiger partial charge >= 0.3 is 0 Å². The quantitative estimate of drug-likeness (QED) is 0.588. The van der Waals surface area contributed by atoms with E-state index in [-0.39, 0.29) is 11.8 Å².